The number of hydrogen-bond acceptors (Lipinski definition) is 3. The highest BCUT2D eigenvalue weighted by atomic mass is 19.1. The lowest BCUT2D eigenvalue weighted by Crippen LogP contribution is -2.29. The first-order valence-corrected chi connectivity index (χ1v) is 4.52. The molecule has 0 aromatic heterocycles. The Balaban J connectivity index is 2.63. The molecule has 0 spiro atoms. The van der Waals surface area contributed by atoms with Crippen LogP contribution in [0, 0.1) is 5.82 Å². The summed E-state index contributed by atoms with van der Waals surface area (Å²) in [5.74, 6) is -0.765. The van der Waals surface area contributed by atoms with E-state index < -0.39 is 5.82 Å². The van der Waals surface area contributed by atoms with Gasteiger partial charge in [-0.3, -0.25) is 4.79 Å². The second-order valence-electron chi connectivity index (χ2n) is 3.06. The van der Waals surface area contributed by atoms with Gasteiger partial charge in [-0.1, -0.05) is 12.1 Å². The fourth-order valence-corrected chi connectivity index (χ4v) is 1.10. The van der Waals surface area contributed by atoms with Gasteiger partial charge in [0.15, 0.2) is 0 Å². The Kier molecular flexibility index (Phi) is 4.20. The lowest BCUT2D eigenvalue weighted by molar-refractivity contribution is -0.119. The van der Waals surface area contributed by atoms with Crippen LogP contribution >= 0.6 is 0 Å². The molecule has 4 nitrogen and oxygen atoms in total. The van der Waals surface area contributed by atoms with E-state index in [2.05, 4.69) is 5.32 Å². The highest BCUT2D eigenvalue weighted by Gasteiger charge is 2.03. The zero-order valence-electron chi connectivity index (χ0n) is 8.16. The Bertz CT molecular complexity index is 355. The van der Waals surface area contributed by atoms with E-state index in [1.54, 1.807) is 6.07 Å². The maximum Gasteiger partial charge on any atom is 0.234 e. The van der Waals surface area contributed by atoms with Gasteiger partial charge in [-0.05, 0) is 11.6 Å². The zero-order valence-corrected chi connectivity index (χ0v) is 8.16. The molecule has 1 amide bonds. The third-order valence-electron chi connectivity index (χ3n) is 1.96. The van der Waals surface area contributed by atoms with E-state index in [0.29, 0.717) is 5.56 Å². The SMILES string of the molecule is NCC(=O)NCc1ccc(CO)c(F)c1. The predicted molar refractivity (Wildman–Crippen MR) is 53.2 cm³/mol. The van der Waals surface area contributed by atoms with Crippen LogP contribution in [-0.2, 0) is 17.9 Å². The van der Waals surface area contributed by atoms with Crippen LogP contribution in [0.5, 0.6) is 0 Å². The number of hydrogen-bond donors (Lipinski definition) is 3. The summed E-state index contributed by atoms with van der Waals surface area (Å²) in [6, 6.07) is 4.41. The molecule has 0 atom stereocenters. The monoisotopic (exact) mass is 212 g/mol. The van der Waals surface area contributed by atoms with Crippen LogP contribution in [0.4, 0.5) is 4.39 Å². The summed E-state index contributed by atoms with van der Waals surface area (Å²) in [7, 11) is 0. The van der Waals surface area contributed by atoms with Crippen molar-refractivity contribution in [3.63, 3.8) is 0 Å². The summed E-state index contributed by atoms with van der Waals surface area (Å²) < 4.78 is 13.2. The summed E-state index contributed by atoms with van der Waals surface area (Å²) in [5.41, 5.74) is 5.96. The number of rotatable bonds is 4. The summed E-state index contributed by atoms with van der Waals surface area (Å²) in [6.07, 6.45) is 0. The molecule has 0 radical (unpaired) electrons. The van der Waals surface area contributed by atoms with E-state index in [1.807, 2.05) is 0 Å². The smallest absolute Gasteiger partial charge is 0.234 e. The molecule has 0 aliphatic heterocycles. The Hall–Kier alpha value is -1.46. The molecule has 1 aromatic carbocycles. The molecule has 4 N–H and O–H groups in total. The number of aliphatic hydroxyl groups is 1. The number of aliphatic hydroxyl groups excluding tert-OH is 1. The third-order valence-corrected chi connectivity index (χ3v) is 1.96. The molecule has 5 heteroatoms. The maximum absolute atomic E-state index is 13.2. The lowest BCUT2D eigenvalue weighted by Gasteiger charge is -2.05. The van der Waals surface area contributed by atoms with Gasteiger partial charge in [0.1, 0.15) is 5.82 Å². The van der Waals surface area contributed by atoms with Crippen LogP contribution in [0.1, 0.15) is 11.1 Å². The van der Waals surface area contributed by atoms with Crippen molar-refractivity contribution in [1.29, 1.82) is 0 Å². The van der Waals surface area contributed by atoms with Crippen LogP contribution in [0.25, 0.3) is 0 Å². The number of nitrogens with two attached hydrogens (primary N) is 1. The Morgan fingerprint density at radius 2 is 2.27 bits per heavy atom. The molecule has 82 valence electrons. The van der Waals surface area contributed by atoms with E-state index in [9.17, 15) is 9.18 Å². The van der Waals surface area contributed by atoms with Crippen molar-refractivity contribution in [2.24, 2.45) is 5.73 Å². The van der Waals surface area contributed by atoms with Crippen LogP contribution in [0.15, 0.2) is 18.2 Å². The molecule has 0 saturated carbocycles. The largest absolute Gasteiger partial charge is 0.392 e. The van der Waals surface area contributed by atoms with Crippen LogP contribution in [-0.4, -0.2) is 17.6 Å². The second-order valence-corrected chi connectivity index (χ2v) is 3.06. The molecule has 0 saturated heterocycles. The molecule has 0 aliphatic carbocycles. The standard InChI is InChI=1S/C10H13FN2O2/c11-9-3-7(1-2-8(9)6-14)5-13-10(15)4-12/h1-3,14H,4-6,12H2,(H,13,15). The van der Waals surface area contributed by atoms with Gasteiger partial charge in [-0.2, -0.15) is 0 Å². The van der Waals surface area contributed by atoms with E-state index in [4.69, 9.17) is 10.8 Å². The van der Waals surface area contributed by atoms with Gasteiger partial charge in [0.2, 0.25) is 5.91 Å². The van der Waals surface area contributed by atoms with E-state index in [-0.39, 0.29) is 31.2 Å². The molecule has 0 bridgehead atoms. The van der Waals surface area contributed by atoms with Gasteiger partial charge in [0.25, 0.3) is 0 Å². The zero-order chi connectivity index (χ0) is 11.3. The van der Waals surface area contributed by atoms with Crippen molar-refractivity contribution >= 4 is 5.91 Å². The van der Waals surface area contributed by atoms with Crippen molar-refractivity contribution in [2.45, 2.75) is 13.2 Å². The average Bonchev–Trinajstić information content (AvgIpc) is 2.26. The molecule has 1 rings (SSSR count). The number of carbonyl (C=O) groups excluding carboxylic acids is 1. The molecule has 0 fully saturated rings. The van der Waals surface area contributed by atoms with Gasteiger partial charge in [0, 0.05) is 12.1 Å². The summed E-state index contributed by atoms with van der Waals surface area (Å²) in [5, 5.41) is 11.3. The van der Waals surface area contributed by atoms with Crippen molar-refractivity contribution in [2.75, 3.05) is 6.54 Å². The molecule has 0 unspecified atom stereocenters. The minimum Gasteiger partial charge on any atom is -0.392 e. The van der Waals surface area contributed by atoms with Gasteiger partial charge in [-0.25, -0.2) is 4.39 Å². The molecule has 15 heavy (non-hydrogen) atoms. The van der Waals surface area contributed by atoms with Crippen molar-refractivity contribution in [3.05, 3.63) is 35.1 Å². The average molecular weight is 212 g/mol. The summed E-state index contributed by atoms with van der Waals surface area (Å²) in [6.45, 7) is -0.183. The highest BCUT2D eigenvalue weighted by Crippen LogP contribution is 2.10. The Morgan fingerprint density at radius 1 is 1.53 bits per heavy atom. The first-order chi connectivity index (χ1) is 7.17. The summed E-state index contributed by atoms with van der Waals surface area (Å²) >= 11 is 0. The minimum absolute atomic E-state index is 0.0861. The van der Waals surface area contributed by atoms with E-state index >= 15 is 0 Å². The fraction of sp³-hybridized carbons (Fsp3) is 0.300. The lowest BCUT2D eigenvalue weighted by atomic mass is 10.1. The van der Waals surface area contributed by atoms with Crippen molar-refractivity contribution in [1.82, 2.24) is 5.32 Å². The Morgan fingerprint density at radius 3 is 2.80 bits per heavy atom. The number of benzene rings is 1. The van der Waals surface area contributed by atoms with Gasteiger partial charge >= 0.3 is 0 Å². The van der Waals surface area contributed by atoms with Gasteiger partial charge < -0.3 is 16.2 Å². The fourth-order valence-electron chi connectivity index (χ4n) is 1.10. The second kappa shape index (κ2) is 5.43. The maximum atomic E-state index is 13.2. The Labute approximate surface area is 86.9 Å². The molecular formula is C10H13FN2O2. The molecule has 0 heterocycles. The number of amides is 1. The number of halogens is 1. The number of nitrogens with one attached hydrogen (secondary N) is 1. The normalized spacial score (nSPS) is 10.1. The molecule has 0 aliphatic rings. The van der Waals surface area contributed by atoms with E-state index in [0.717, 1.165) is 0 Å². The van der Waals surface area contributed by atoms with Crippen LogP contribution < -0.4 is 11.1 Å². The van der Waals surface area contributed by atoms with E-state index in [1.165, 1.54) is 12.1 Å². The predicted octanol–water partition coefficient (Wildman–Crippen LogP) is -0.107. The van der Waals surface area contributed by atoms with Gasteiger partial charge in [-0.15, -0.1) is 0 Å². The first kappa shape index (κ1) is 11.6. The van der Waals surface area contributed by atoms with Crippen LogP contribution in [0.2, 0.25) is 0 Å². The topological polar surface area (TPSA) is 75.4 Å². The summed E-state index contributed by atoms with van der Waals surface area (Å²) in [4.78, 5) is 10.8. The first-order valence-electron chi connectivity index (χ1n) is 4.52. The van der Waals surface area contributed by atoms with Crippen LogP contribution in [0.3, 0.4) is 0 Å². The third kappa shape index (κ3) is 3.30. The molecule has 1 aromatic rings. The molecular weight excluding hydrogens is 199 g/mol. The number of carbonyl (C=O) groups is 1. The van der Waals surface area contributed by atoms with Crippen molar-refractivity contribution in [3.8, 4) is 0 Å². The van der Waals surface area contributed by atoms with Crippen molar-refractivity contribution < 1.29 is 14.3 Å². The minimum atomic E-state index is -0.475. The quantitative estimate of drug-likeness (QED) is 0.652. The highest BCUT2D eigenvalue weighted by molar-refractivity contribution is 5.77. The van der Waals surface area contributed by atoms with Gasteiger partial charge in [0.05, 0.1) is 13.2 Å².